The Morgan fingerprint density at radius 3 is 3.00 bits per heavy atom. The Kier molecular flexibility index (Phi) is 2.97. The Hall–Kier alpha value is -1.34. The van der Waals surface area contributed by atoms with Crippen LogP contribution >= 0.6 is 11.3 Å². The molecule has 5 N–H and O–H groups in total. The minimum atomic E-state index is -0.190. The standard InChI is InChI=1S/C9H15N5OS/c1-12-8(15)6-7(11)13-9(16-6)14-3-2-5(10)4-14/h5H,2-4,10-11H2,1H3,(H,12,15). The van der Waals surface area contributed by atoms with E-state index in [-0.39, 0.29) is 11.9 Å². The van der Waals surface area contributed by atoms with Crippen LogP contribution in [0.2, 0.25) is 0 Å². The Bertz CT molecular complexity index is 405. The zero-order valence-corrected chi connectivity index (χ0v) is 9.88. The first-order chi connectivity index (χ1) is 7.61. The molecule has 2 heterocycles. The average Bonchev–Trinajstić information content (AvgIpc) is 2.83. The molecule has 1 aliphatic rings. The Morgan fingerprint density at radius 1 is 1.69 bits per heavy atom. The van der Waals surface area contributed by atoms with E-state index < -0.39 is 0 Å². The van der Waals surface area contributed by atoms with Crippen molar-refractivity contribution < 1.29 is 4.79 Å². The van der Waals surface area contributed by atoms with E-state index in [1.165, 1.54) is 11.3 Å². The van der Waals surface area contributed by atoms with Crippen LogP contribution in [0.3, 0.4) is 0 Å². The van der Waals surface area contributed by atoms with Crippen molar-refractivity contribution in [1.82, 2.24) is 10.3 Å². The Labute approximate surface area is 97.6 Å². The summed E-state index contributed by atoms with van der Waals surface area (Å²) >= 11 is 1.31. The minimum absolute atomic E-state index is 0.188. The fourth-order valence-corrected chi connectivity index (χ4v) is 2.66. The molecule has 7 heteroatoms. The average molecular weight is 241 g/mol. The van der Waals surface area contributed by atoms with E-state index >= 15 is 0 Å². The van der Waals surface area contributed by atoms with Crippen molar-refractivity contribution in [3.63, 3.8) is 0 Å². The first-order valence-corrected chi connectivity index (χ1v) is 5.92. The number of carbonyl (C=O) groups is 1. The molecule has 1 saturated heterocycles. The zero-order valence-electron chi connectivity index (χ0n) is 9.06. The summed E-state index contributed by atoms with van der Waals surface area (Å²) in [6.45, 7) is 1.65. The highest BCUT2D eigenvalue weighted by molar-refractivity contribution is 7.18. The van der Waals surface area contributed by atoms with Gasteiger partial charge in [0, 0.05) is 26.2 Å². The van der Waals surface area contributed by atoms with Crippen molar-refractivity contribution in [2.24, 2.45) is 5.73 Å². The first kappa shape index (κ1) is 11.2. The van der Waals surface area contributed by atoms with E-state index in [9.17, 15) is 4.79 Å². The number of thiazole rings is 1. The zero-order chi connectivity index (χ0) is 11.7. The number of nitrogens with zero attached hydrogens (tertiary/aromatic N) is 2. The maximum absolute atomic E-state index is 11.5. The van der Waals surface area contributed by atoms with Gasteiger partial charge in [0.1, 0.15) is 10.7 Å². The maximum Gasteiger partial charge on any atom is 0.265 e. The van der Waals surface area contributed by atoms with Gasteiger partial charge in [0.15, 0.2) is 5.13 Å². The summed E-state index contributed by atoms with van der Waals surface area (Å²) < 4.78 is 0. The predicted octanol–water partition coefficient (Wildman–Crippen LogP) is -0.378. The van der Waals surface area contributed by atoms with Crippen LogP contribution < -0.4 is 21.7 Å². The molecule has 1 fully saturated rings. The molecule has 0 spiro atoms. The normalized spacial score (nSPS) is 20.1. The van der Waals surface area contributed by atoms with Crippen molar-refractivity contribution in [2.75, 3.05) is 30.8 Å². The van der Waals surface area contributed by atoms with Crippen LogP contribution in [0.4, 0.5) is 10.9 Å². The van der Waals surface area contributed by atoms with Crippen LogP contribution in [0.1, 0.15) is 16.1 Å². The van der Waals surface area contributed by atoms with E-state index in [0.29, 0.717) is 10.7 Å². The lowest BCUT2D eigenvalue weighted by molar-refractivity contribution is 0.0968. The second-order valence-corrected chi connectivity index (χ2v) is 4.76. The Balaban J connectivity index is 2.20. The van der Waals surface area contributed by atoms with E-state index in [0.717, 1.165) is 24.6 Å². The summed E-state index contributed by atoms with van der Waals surface area (Å²) in [5.41, 5.74) is 11.5. The largest absolute Gasteiger partial charge is 0.382 e. The molecule has 0 aliphatic carbocycles. The highest BCUT2D eigenvalue weighted by Gasteiger charge is 2.24. The molecule has 0 saturated carbocycles. The van der Waals surface area contributed by atoms with Crippen molar-refractivity contribution in [1.29, 1.82) is 0 Å². The number of nitrogens with one attached hydrogen (secondary N) is 1. The summed E-state index contributed by atoms with van der Waals surface area (Å²) in [5.74, 6) is 0.101. The smallest absolute Gasteiger partial charge is 0.265 e. The van der Waals surface area contributed by atoms with E-state index in [2.05, 4.69) is 15.2 Å². The van der Waals surface area contributed by atoms with Crippen LogP contribution in [0, 0.1) is 0 Å². The van der Waals surface area contributed by atoms with Gasteiger partial charge in [-0.05, 0) is 6.42 Å². The molecule has 0 radical (unpaired) electrons. The number of hydrogen-bond donors (Lipinski definition) is 3. The summed E-state index contributed by atoms with van der Waals surface area (Å²) in [4.78, 5) is 18.2. The molecule has 0 bridgehead atoms. The van der Waals surface area contributed by atoms with Crippen LogP contribution in [0.5, 0.6) is 0 Å². The van der Waals surface area contributed by atoms with Gasteiger partial charge in [-0.15, -0.1) is 0 Å². The number of nitrogens with two attached hydrogens (primary N) is 2. The van der Waals surface area contributed by atoms with Gasteiger partial charge in [-0.2, -0.15) is 0 Å². The summed E-state index contributed by atoms with van der Waals surface area (Å²) in [6, 6.07) is 0.188. The molecule has 2 rings (SSSR count). The molecule has 1 unspecified atom stereocenters. The number of anilines is 2. The van der Waals surface area contributed by atoms with Crippen LogP contribution in [0.15, 0.2) is 0 Å². The monoisotopic (exact) mass is 241 g/mol. The molecule has 88 valence electrons. The van der Waals surface area contributed by atoms with Gasteiger partial charge >= 0.3 is 0 Å². The van der Waals surface area contributed by atoms with Crippen molar-refractivity contribution >= 4 is 28.2 Å². The van der Waals surface area contributed by atoms with Crippen molar-refractivity contribution in [3.05, 3.63) is 4.88 Å². The van der Waals surface area contributed by atoms with Crippen molar-refractivity contribution in [3.8, 4) is 0 Å². The third-order valence-electron chi connectivity index (χ3n) is 2.57. The number of hydrogen-bond acceptors (Lipinski definition) is 6. The van der Waals surface area contributed by atoms with E-state index in [1.54, 1.807) is 7.05 Å². The molecule has 1 amide bonds. The summed E-state index contributed by atoms with van der Waals surface area (Å²) in [7, 11) is 1.58. The molecule has 16 heavy (non-hydrogen) atoms. The van der Waals surface area contributed by atoms with Gasteiger partial charge in [0.25, 0.3) is 5.91 Å². The summed E-state index contributed by atoms with van der Waals surface area (Å²) in [5, 5.41) is 3.32. The van der Waals surface area contributed by atoms with Gasteiger partial charge in [-0.25, -0.2) is 4.98 Å². The number of rotatable bonds is 2. The number of aromatic nitrogens is 1. The summed E-state index contributed by atoms with van der Waals surface area (Å²) in [6.07, 6.45) is 0.953. The van der Waals surface area contributed by atoms with Gasteiger partial charge in [-0.1, -0.05) is 11.3 Å². The highest BCUT2D eigenvalue weighted by Crippen LogP contribution is 2.29. The number of amides is 1. The molecule has 1 aromatic heterocycles. The van der Waals surface area contributed by atoms with Gasteiger partial charge < -0.3 is 21.7 Å². The maximum atomic E-state index is 11.5. The fourth-order valence-electron chi connectivity index (χ4n) is 1.69. The van der Waals surface area contributed by atoms with Crippen LogP contribution in [-0.4, -0.2) is 37.1 Å². The quantitative estimate of drug-likeness (QED) is 0.656. The van der Waals surface area contributed by atoms with E-state index in [1.807, 2.05) is 0 Å². The van der Waals surface area contributed by atoms with Crippen LogP contribution in [0.25, 0.3) is 0 Å². The third-order valence-corrected chi connectivity index (χ3v) is 3.70. The van der Waals surface area contributed by atoms with Crippen LogP contribution in [-0.2, 0) is 0 Å². The second kappa shape index (κ2) is 4.26. The topological polar surface area (TPSA) is 97.3 Å². The molecule has 1 aliphatic heterocycles. The third kappa shape index (κ3) is 1.96. The lowest BCUT2D eigenvalue weighted by Gasteiger charge is -2.12. The lowest BCUT2D eigenvalue weighted by Crippen LogP contribution is -2.26. The van der Waals surface area contributed by atoms with Gasteiger partial charge in [0.05, 0.1) is 0 Å². The van der Waals surface area contributed by atoms with E-state index in [4.69, 9.17) is 11.5 Å². The number of nitrogen functional groups attached to an aromatic ring is 1. The molecular formula is C9H15N5OS. The fraction of sp³-hybridized carbons (Fsp3) is 0.556. The van der Waals surface area contributed by atoms with Gasteiger partial charge in [0.2, 0.25) is 0 Å². The minimum Gasteiger partial charge on any atom is -0.382 e. The number of carbonyl (C=O) groups excluding carboxylic acids is 1. The molecule has 1 aromatic rings. The molecule has 0 aromatic carbocycles. The van der Waals surface area contributed by atoms with Gasteiger partial charge in [-0.3, -0.25) is 4.79 Å². The second-order valence-electron chi connectivity index (χ2n) is 3.78. The molecule has 1 atom stereocenters. The SMILES string of the molecule is CNC(=O)c1sc(N2CCC(N)C2)nc1N. The predicted molar refractivity (Wildman–Crippen MR) is 64.7 cm³/mol. The highest BCUT2D eigenvalue weighted by atomic mass is 32.1. The first-order valence-electron chi connectivity index (χ1n) is 5.10. The molecule has 6 nitrogen and oxygen atoms in total. The molecular weight excluding hydrogens is 226 g/mol. The van der Waals surface area contributed by atoms with Crippen molar-refractivity contribution in [2.45, 2.75) is 12.5 Å². The Morgan fingerprint density at radius 2 is 2.44 bits per heavy atom. The lowest BCUT2D eigenvalue weighted by atomic mass is 10.3.